The third kappa shape index (κ3) is 3.31. The Kier molecular flexibility index (Phi) is 4.40. The number of aromatic nitrogens is 3. The van der Waals surface area contributed by atoms with E-state index in [1.807, 2.05) is 37.3 Å². The average Bonchev–Trinajstić information content (AvgIpc) is 3.34. The highest BCUT2D eigenvalue weighted by Gasteiger charge is 2.45. The normalized spacial score (nSPS) is 20.0. The Morgan fingerprint density at radius 2 is 2.12 bits per heavy atom. The number of aromatic amines is 1. The zero-order valence-electron chi connectivity index (χ0n) is 14.4. The summed E-state index contributed by atoms with van der Waals surface area (Å²) in [7, 11) is 1.64. The zero-order chi connectivity index (χ0) is 18.3. The van der Waals surface area contributed by atoms with Crippen molar-refractivity contribution in [2.24, 2.45) is 5.92 Å². The lowest BCUT2D eigenvalue weighted by Crippen LogP contribution is -2.12. The van der Waals surface area contributed by atoms with Crippen molar-refractivity contribution < 1.29 is 14.3 Å². The van der Waals surface area contributed by atoms with Gasteiger partial charge in [0.25, 0.3) is 0 Å². The molecule has 0 saturated heterocycles. The summed E-state index contributed by atoms with van der Waals surface area (Å²) in [6, 6.07) is 9.73. The van der Waals surface area contributed by atoms with Gasteiger partial charge in [-0.3, -0.25) is 4.79 Å². The maximum Gasteiger partial charge on any atom is 0.310 e. The van der Waals surface area contributed by atoms with E-state index in [4.69, 9.17) is 9.47 Å². The van der Waals surface area contributed by atoms with Crippen LogP contribution in [-0.4, -0.2) is 28.0 Å². The Balaban J connectivity index is 1.41. The number of nitrogens with one attached hydrogen (secondary N) is 1. The molecule has 1 saturated carbocycles. The monoisotopic (exact) mass is 415 g/mol. The summed E-state index contributed by atoms with van der Waals surface area (Å²) in [5.74, 6) is 1.34. The molecular formula is C19H18BrN3O3. The first-order valence-corrected chi connectivity index (χ1v) is 9.20. The zero-order valence-corrected chi connectivity index (χ0v) is 16.0. The van der Waals surface area contributed by atoms with Crippen LogP contribution in [0.25, 0.3) is 11.2 Å². The number of nitrogens with zero attached hydrogens (tertiary/aromatic N) is 2. The van der Waals surface area contributed by atoms with E-state index in [2.05, 4.69) is 30.9 Å². The second-order valence-electron chi connectivity index (χ2n) is 6.45. The number of halogens is 1. The minimum atomic E-state index is -0.451. The molecule has 1 aliphatic carbocycles. The molecule has 0 radical (unpaired) electrons. The highest BCUT2D eigenvalue weighted by atomic mass is 79.9. The van der Waals surface area contributed by atoms with Crippen LogP contribution in [0.4, 0.5) is 0 Å². The first kappa shape index (κ1) is 17.0. The van der Waals surface area contributed by atoms with Crippen molar-refractivity contribution in [3.05, 3.63) is 52.4 Å². The van der Waals surface area contributed by atoms with Gasteiger partial charge in [-0.1, -0.05) is 12.1 Å². The van der Waals surface area contributed by atoms with Gasteiger partial charge in [0.15, 0.2) is 11.8 Å². The number of methoxy groups -OCH3 is 1. The van der Waals surface area contributed by atoms with E-state index in [0.717, 1.165) is 27.7 Å². The lowest BCUT2D eigenvalue weighted by Gasteiger charge is -2.10. The molecule has 0 amide bonds. The smallest absolute Gasteiger partial charge is 0.310 e. The first-order valence-electron chi connectivity index (χ1n) is 8.40. The number of pyridine rings is 1. The summed E-state index contributed by atoms with van der Waals surface area (Å²) in [5.41, 5.74) is 2.55. The molecule has 1 aliphatic rings. The largest absolute Gasteiger partial charge is 0.497 e. The summed E-state index contributed by atoms with van der Waals surface area (Å²) in [4.78, 5) is 24.3. The third-order valence-electron chi connectivity index (χ3n) is 4.64. The summed E-state index contributed by atoms with van der Waals surface area (Å²) in [6.45, 7) is 1.81. The van der Waals surface area contributed by atoms with Crippen molar-refractivity contribution in [3.8, 4) is 5.75 Å². The molecule has 0 unspecified atom stereocenters. The number of hydrogen-bond acceptors (Lipinski definition) is 5. The van der Waals surface area contributed by atoms with Gasteiger partial charge in [0.1, 0.15) is 11.6 Å². The van der Waals surface area contributed by atoms with Gasteiger partial charge in [0.05, 0.1) is 18.5 Å². The summed E-state index contributed by atoms with van der Waals surface area (Å²) < 4.78 is 11.7. The van der Waals surface area contributed by atoms with Crippen molar-refractivity contribution in [2.45, 2.75) is 25.4 Å². The number of ether oxygens (including phenoxy) is 2. The van der Waals surface area contributed by atoms with E-state index in [-0.39, 0.29) is 17.8 Å². The van der Waals surface area contributed by atoms with Gasteiger partial charge >= 0.3 is 5.97 Å². The van der Waals surface area contributed by atoms with Crippen molar-refractivity contribution in [1.82, 2.24) is 15.0 Å². The minimum Gasteiger partial charge on any atom is -0.497 e. The summed E-state index contributed by atoms with van der Waals surface area (Å²) >= 11 is 3.38. The Morgan fingerprint density at radius 1 is 1.35 bits per heavy atom. The fourth-order valence-electron chi connectivity index (χ4n) is 3.08. The summed E-state index contributed by atoms with van der Waals surface area (Å²) in [5, 5.41) is 0. The number of carbonyl (C=O) groups excluding carboxylic acids is 1. The minimum absolute atomic E-state index is 0.0949. The third-order valence-corrected chi connectivity index (χ3v) is 5.07. The second-order valence-corrected chi connectivity index (χ2v) is 7.36. The molecule has 7 heteroatoms. The van der Waals surface area contributed by atoms with Crippen molar-refractivity contribution in [2.75, 3.05) is 7.11 Å². The molecule has 2 heterocycles. The van der Waals surface area contributed by atoms with Gasteiger partial charge in [0, 0.05) is 10.7 Å². The number of benzene rings is 1. The molecule has 0 aliphatic heterocycles. The van der Waals surface area contributed by atoms with Gasteiger partial charge in [-0.25, -0.2) is 9.97 Å². The van der Waals surface area contributed by atoms with Gasteiger partial charge in [-0.05, 0) is 59.0 Å². The molecule has 1 N–H and O–H groups in total. The van der Waals surface area contributed by atoms with Crippen LogP contribution in [0.2, 0.25) is 0 Å². The Morgan fingerprint density at radius 3 is 2.85 bits per heavy atom. The van der Waals surface area contributed by atoms with E-state index in [0.29, 0.717) is 11.5 Å². The van der Waals surface area contributed by atoms with Gasteiger partial charge < -0.3 is 14.5 Å². The predicted molar refractivity (Wildman–Crippen MR) is 99.9 cm³/mol. The number of carbonyl (C=O) groups is 1. The number of rotatable bonds is 5. The Hall–Kier alpha value is -2.41. The van der Waals surface area contributed by atoms with Crippen LogP contribution < -0.4 is 4.74 Å². The molecule has 3 aromatic rings. The molecule has 6 nitrogen and oxygen atoms in total. The van der Waals surface area contributed by atoms with Crippen LogP contribution in [0.5, 0.6) is 5.75 Å². The highest BCUT2D eigenvalue weighted by Crippen LogP contribution is 2.48. The van der Waals surface area contributed by atoms with E-state index >= 15 is 0 Å². The van der Waals surface area contributed by atoms with Gasteiger partial charge in [-0.2, -0.15) is 0 Å². The van der Waals surface area contributed by atoms with Crippen LogP contribution >= 0.6 is 15.9 Å². The molecule has 134 valence electrons. The second kappa shape index (κ2) is 6.72. The van der Waals surface area contributed by atoms with Gasteiger partial charge in [0.2, 0.25) is 0 Å². The fraction of sp³-hybridized carbons (Fsp3) is 0.316. The van der Waals surface area contributed by atoms with Crippen LogP contribution in [0.3, 0.4) is 0 Å². The maximum absolute atomic E-state index is 12.5. The maximum atomic E-state index is 12.5. The van der Waals surface area contributed by atoms with E-state index < -0.39 is 6.10 Å². The Labute approximate surface area is 159 Å². The molecule has 3 atom stereocenters. The van der Waals surface area contributed by atoms with E-state index in [1.165, 1.54) is 0 Å². The molecular weight excluding hydrogens is 398 g/mol. The molecule has 1 fully saturated rings. The van der Waals surface area contributed by atoms with Crippen molar-refractivity contribution >= 4 is 33.1 Å². The quantitative estimate of drug-likeness (QED) is 0.633. The molecule has 2 aromatic heterocycles. The highest BCUT2D eigenvalue weighted by molar-refractivity contribution is 9.10. The molecule has 0 spiro atoms. The van der Waals surface area contributed by atoms with Crippen LogP contribution in [-0.2, 0) is 9.53 Å². The predicted octanol–water partition coefficient (Wildman–Crippen LogP) is 4.14. The van der Waals surface area contributed by atoms with Crippen LogP contribution in [0, 0.1) is 5.92 Å². The molecule has 4 rings (SSSR count). The number of hydrogen-bond donors (Lipinski definition) is 1. The van der Waals surface area contributed by atoms with Crippen molar-refractivity contribution in [1.29, 1.82) is 0 Å². The van der Waals surface area contributed by atoms with E-state index in [9.17, 15) is 4.79 Å². The number of imidazole rings is 1. The standard InChI is InChI=1S/C19H18BrN3O3/c1-10(17-22-16-7-12(20)9-21-18(16)23-17)26-19(24)15-8-14(15)11-3-5-13(25-2)6-4-11/h3-7,9-10,14-15H,8H2,1-2H3,(H,21,22,23)/t10-,14-,15-/m0/s1. The number of fused-ring (bicyclic) bond motifs is 1. The number of H-pyrrole nitrogens is 1. The fourth-order valence-corrected chi connectivity index (χ4v) is 3.41. The molecule has 26 heavy (non-hydrogen) atoms. The van der Waals surface area contributed by atoms with Crippen LogP contribution in [0.15, 0.2) is 41.0 Å². The van der Waals surface area contributed by atoms with E-state index in [1.54, 1.807) is 13.3 Å². The lowest BCUT2D eigenvalue weighted by atomic mass is 10.1. The lowest BCUT2D eigenvalue weighted by molar-refractivity contribution is -0.150. The van der Waals surface area contributed by atoms with Crippen LogP contribution in [0.1, 0.15) is 36.8 Å². The van der Waals surface area contributed by atoms with Gasteiger partial charge in [-0.15, -0.1) is 0 Å². The topological polar surface area (TPSA) is 77.1 Å². The van der Waals surface area contributed by atoms with Crippen molar-refractivity contribution in [3.63, 3.8) is 0 Å². The average molecular weight is 416 g/mol. The molecule has 1 aromatic carbocycles. The SMILES string of the molecule is COc1ccc([C@@H]2C[C@@H]2C(=O)O[C@@H](C)c2nc3ncc(Br)cc3[nH]2)cc1. The molecule has 0 bridgehead atoms. The number of esters is 1. The summed E-state index contributed by atoms with van der Waals surface area (Å²) in [6.07, 6.45) is 2.05. The first-order chi connectivity index (χ1) is 12.5. The Bertz CT molecular complexity index is 954.